The first-order valence-electron chi connectivity index (χ1n) is 9.01. The highest BCUT2D eigenvalue weighted by Gasteiger charge is 2.63. The topological polar surface area (TPSA) is 67.4 Å². The van der Waals surface area contributed by atoms with E-state index in [1.807, 2.05) is 26.2 Å². The Morgan fingerprint density at radius 3 is 2.92 bits per heavy atom. The van der Waals surface area contributed by atoms with Gasteiger partial charge in [-0.25, -0.2) is 9.97 Å². The minimum absolute atomic E-state index is 0.0689. The lowest BCUT2D eigenvalue weighted by Crippen LogP contribution is -2.42. The number of hydrogen-bond donors (Lipinski definition) is 1. The van der Waals surface area contributed by atoms with Crippen LogP contribution in [0.15, 0.2) is 6.07 Å². The number of ether oxygens (including phenoxy) is 1. The first-order chi connectivity index (χ1) is 12.0. The number of thioether (sulfide) groups is 1. The Morgan fingerprint density at radius 1 is 1.44 bits per heavy atom. The highest BCUT2D eigenvalue weighted by molar-refractivity contribution is 7.99. The van der Waals surface area contributed by atoms with E-state index in [-0.39, 0.29) is 11.5 Å². The zero-order valence-corrected chi connectivity index (χ0v) is 15.9. The predicted octanol–water partition coefficient (Wildman–Crippen LogP) is 1.56. The van der Waals surface area contributed by atoms with Crippen molar-refractivity contribution in [1.82, 2.24) is 15.3 Å². The molecule has 4 rings (SSSR count). The molecule has 0 saturated carbocycles. The van der Waals surface area contributed by atoms with E-state index in [1.165, 1.54) is 0 Å². The molecule has 4 heterocycles. The highest BCUT2D eigenvalue weighted by Crippen LogP contribution is 2.54. The van der Waals surface area contributed by atoms with Crippen LogP contribution >= 0.6 is 11.8 Å². The Balaban J connectivity index is 1.49. The SMILES string of the molecule is CSCC(=O)NC[C@H]1[C@H]2CN(c3nc(C)cc(C)n3)C[C@]23CC[C@H]1O3. The van der Waals surface area contributed by atoms with Gasteiger partial charge in [-0.3, -0.25) is 4.79 Å². The Kier molecular flexibility index (Phi) is 4.40. The molecule has 3 aliphatic heterocycles. The van der Waals surface area contributed by atoms with E-state index in [1.54, 1.807) is 11.8 Å². The maximum atomic E-state index is 11.9. The van der Waals surface area contributed by atoms with E-state index in [4.69, 9.17) is 4.74 Å². The standard InChI is InChI=1S/C18H26N4O2S/c1-11-6-12(2)21-17(20-11)22-8-14-13(7-19-16(23)9-25-3)15-4-5-18(14,10-22)24-15/h6,13-15H,4-5,7-10H2,1-3H3,(H,19,23)/t13-,14+,15+,18+/m0/s1. The molecule has 7 heteroatoms. The molecule has 6 nitrogen and oxygen atoms in total. The fraction of sp³-hybridized carbons (Fsp3) is 0.722. The van der Waals surface area contributed by atoms with Gasteiger partial charge in [0.15, 0.2) is 0 Å². The second-order valence-electron chi connectivity index (χ2n) is 7.60. The molecular weight excluding hydrogens is 336 g/mol. The van der Waals surface area contributed by atoms with Crippen molar-refractivity contribution in [3.63, 3.8) is 0 Å². The number of amides is 1. The number of fused-ring (bicyclic) bond motifs is 1. The largest absolute Gasteiger partial charge is 0.369 e. The molecule has 0 unspecified atom stereocenters. The molecule has 1 aromatic heterocycles. The molecule has 1 amide bonds. The lowest BCUT2D eigenvalue weighted by Gasteiger charge is -2.29. The van der Waals surface area contributed by atoms with Crippen molar-refractivity contribution in [2.45, 2.75) is 38.4 Å². The van der Waals surface area contributed by atoms with E-state index >= 15 is 0 Å². The maximum absolute atomic E-state index is 11.9. The number of carbonyl (C=O) groups is 1. The van der Waals surface area contributed by atoms with Gasteiger partial charge in [-0.05, 0) is 39.0 Å². The van der Waals surface area contributed by atoms with E-state index in [0.717, 1.165) is 49.8 Å². The van der Waals surface area contributed by atoms with Gasteiger partial charge in [0.05, 0.1) is 24.0 Å². The molecule has 25 heavy (non-hydrogen) atoms. The number of aryl methyl sites for hydroxylation is 2. The number of hydrogen-bond acceptors (Lipinski definition) is 6. The molecule has 1 aromatic rings. The summed E-state index contributed by atoms with van der Waals surface area (Å²) in [5, 5.41) is 3.10. The van der Waals surface area contributed by atoms with Gasteiger partial charge in [-0.2, -0.15) is 11.8 Å². The van der Waals surface area contributed by atoms with Crippen molar-refractivity contribution in [2.75, 3.05) is 36.5 Å². The predicted molar refractivity (Wildman–Crippen MR) is 98.9 cm³/mol. The summed E-state index contributed by atoms with van der Waals surface area (Å²) in [7, 11) is 0. The van der Waals surface area contributed by atoms with Gasteiger partial charge >= 0.3 is 0 Å². The molecule has 1 N–H and O–H groups in total. The average molecular weight is 362 g/mol. The van der Waals surface area contributed by atoms with Crippen molar-refractivity contribution >= 4 is 23.6 Å². The summed E-state index contributed by atoms with van der Waals surface area (Å²) in [6.45, 7) is 6.53. The third-order valence-electron chi connectivity index (χ3n) is 5.85. The van der Waals surface area contributed by atoms with E-state index < -0.39 is 0 Å². The molecule has 3 fully saturated rings. The van der Waals surface area contributed by atoms with Crippen LogP contribution in [0, 0.1) is 25.7 Å². The second-order valence-corrected chi connectivity index (χ2v) is 8.46. The minimum atomic E-state index is -0.0689. The summed E-state index contributed by atoms with van der Waals surface area (Å²) in [4.78, 5) is 23.4. The van der Waals surface area contributed by atoms with Crippen molar-refractivity contribution < 1.29 is 9.53 Å². The monoisotopic (exact) mass is 362 g/mol. The third-order valence-corrected chi connectivity index (χ3v) is 6.40. The molecule has 0 aliphatic carbocycles. The fourth-order valence-corrected chi connectivity index (χ4v) is 5.24. The summed E-state index contributed by atoms with van der Waals surface area (Å²) < 4.78 is 6.45. The maximum Gasteiger partial charge on any atom is 0.229 e. The molecule has 0 aromatic carbocycles. The highest BCUT2D eigenvalue weighted by atomic mass is 32.2. The number of nitrogens with zero attached hydrogens (tertiary/aromatic N) is 3. The molecular formula is C18H26N4O2S. The van der Waals surface area contributed by atoms with E-state index in [2.05, 4.69) is 20.2 Å². The lowest BCUT2D eigenvalue weighted by atomic mass is 9.73. The van der Waals surface area contributed by atoms with Crippen LogP contribution < -0.4 is 10.2 Å². The van der Waals surface area contributed by atoms with E-state index in [0.29, 0.717) is 23.7 Å². The van der Waals surface area contributed by atoms with Gasteiger partial charge in [0.2, 0.25) is 11.9 Å². The molecule has 0 radical (unpaired) electrons. The molecule has 136 valence electrons. The number of nitrogens with one attached hydrogen (secondary N) is 1. The van der Waals surface area contributed by atoms with Crippen LogP contribution in [0.25, 0.3) is 0 Å². The molecule has 4 atom stereocenters. The normalized spacial score (nSPS) is 32.9. The average Bonchev–Trinajstić information content (AvgIpc) is 3.20. The zero-order valence-electron chi connectivity index (χ0n) is 15.1. The summed E-state index contributed by atoms with van der Waals surface area (Å²) in [6.07, 6.45) is 4.45. The molecule has 2 bridgehead atoms. The summed E-state index contributed by atoms with van der Waals surface area (Å²) in [6, 6.07) is 2.00. The van der Waals surface area contributed by atoms with Crippen LogP contribution in [0.5, 0.6) is 0 Å². The van der Waals surface area contributed by atoms with Crippen molar-refractivity contribution in [1.29, 1.82) is 0 Å². The van der Waals surface area contributed by atoms with E-state index in [9.17, 15) is 4.79 Å². The van der Waals surface area contributed by atoms with Gasteiger partial charge in [0.1, 0.15) is 0 Å². The Labute approximate surface area is 153 Å². The van der Waals surface area contributed by atoms with Crippen LogP contribution in [0.2, 0.25) is 0 Å². The van der Waals surface area contributed by atoms with Gasteiger partial charge in [-0.15, -0.1) is 0 Å². The number of carbonyl (C=O) groups excluding carboxylic acids is 1. The Bertz CT molecular complexity index is 665. The Hall–Kier alpha value is -1.34. The molecule has 3 saturated heterocycles. The first-order valence-corrected chi connectivity index (χ1v) is 10.4. The second kappa shape index (κ2) is 6.43. The lowest BCUT2D eigenvalue weighted by molar-refractivity contribution is -0.118. The first kappa shape index (κ1) is 17.1. The molecule has 3 aliphatic rings. The van der Waals surface area contributed by atoms with Crippen molar-refractivity contribution in [2.24, 2.45) is 11.8 Å². The summed E-state index contributed by atoms with van der Waals surface area (Å²) >= 11 is 1.56. The Morgan fingerprint density at radius 2 is 2.20 bits per heavy atom. The summed E-state index contributed by atoms with van der Waals surface area (Å²) in [5.41, 5.74) is 1.94. The van der Waals surface area contributed by atoms with Crippen LogP contribution in [-0.2, 0) is 9.53 Å². The fourth-order valence-electron chi connectivity index (χ4n) is 4.88. The number of aromatic nitrogens is 2. The van der Waals surface area contributed by atoms with Crippen LogP contribution in [0.1, 0.15) is 24.2 Å². The summed E-state index contributed by atoms with van der Waals surface area (Å²) in [5.74, 6) is 2.31. The molecule has 1 spiro atoms. The van der Waals surface area contributed by atoms with Crippen molar-refractivity contribution in [3.05, 3.63) is 17.5 Å². The van der Waals surface area contributed by atoms with Gasteiger partial charge in [0, 0.05) is 36.3 Å². The van der Waals surface area contributed by atoms with Crippen LogP contribution in [0.3, 0.4) is 0 Å². The van der Waals surface area contributed by atoms with Crippen molar-refractivity contribution in [3.8, 4) is 0 Å². The number of rotatable bonds is 5. The third kappa shape index (κ3) is 3.01. The van der Waals surface area contributed by atoms with Gasteiger partial charge < -0.3 is 15.0 Å². The minimum Gasteiger partial charge on any atom is -0.369 e. The zero-order chi connectivity index (χ0) is 17.6. The van der Waals surface area contributed by atoms with Crippen LogP contribution in [0.4, 0.5) is 5.95 Å². The number of anilines is 1. The van der Waals surface area contributed by atoms with Crippen LogP contribution in [-0.4, -0.2) is 59.2 Å². The van der Waals surface area contributed by atoms with Gasteiger partial charge in [0.25, 0.3) is 0 Å². The quantitative estimate of drug-likeness (QED) is 0.857. The van der Waals surface area contributed by atoms with Gasteiger partial charge in [-0.1, -0.05) is 0 Å². The smallest absolute Gasteiger partial charge is 0.229 e.